The maximum Gasteiger partial charge on any atom is 0.341 e. The Hall–Kier alpha value is -3.28. The number of nitrogens with two attached hydrogens (primary N) is 1. The fourth-order valence-electron chi connectivity index (χ4n) is 5.28. The molecule has 3 N–H and O–H groups in total. The lowest BCUT2D eigenvalue weighted by Gasteiger charge is -2.30. The molecule has 0 saturated carbocycles. The summed E-state index contributed by atoms with van der Waals surface area (Å²) < 4.78 is 5.58. The fraction of sp³-hybridized carbons (Fsp3) is 0.467. The summed E-state index contributed by atoms with van der Waals surface area (Å²) in [5, 5.41) is 9.10. The number of rotatable bonds is 10. The van der Waals surface area contributed by atoms with Crippen LogP contribution in [0.3, 0.4) is 0 Å². The first kappa shape index (κ1) is 27.3. The van der Waals surface area contributed by atoms with Crippen molar-refractivity contribution in [3.05, 3.63) is 76.8 Å². The molecule has 2 atom stereocenters. The van der Waals surface area contributed by atoms with Crippen LogP contribution in [0.2, 0.25) is 0 Å². The Balaban J connectivity index is 2.06. The molecule has 1 amide bonds. The summed E-state index contributed by atoms with van der Waals surface area (Å²) in [5.74, 6) is -0.301. The monoisotopic (exact) mass is 492 g/mol. The number of ether oxygens (including phenoxy) is 1. The molecule has 0 spiro atoms. The molecule has 1 aliphatic carbocycles. The van der Waals surface area contributed by atoms with Crippen molar-refractivity contribution in [2.75, 3.05) is 13.2 Å². The Kier molecular flexibility index (Phi) is 9.97. The van der Waals surface area contributed by atoms with Crippen molar-refractivity contribution >= 4 is 17.4 Å². The van der Waals surface area contributed by atoms with Gasteiger partial charge in [-0.2, -0.15) is 0 Å². The number of amides is 1. The van der Waals surface area contributed by atoms with E-state index in [1.54, 1.807) is 6.08 Å². The molecule has 0 saturated heterocycles. The quantitative estimate of drug-likeness (QED) is 0.430. The van der Waals surface area contributed by atoms with Gasteiger partial charge in [0.05, 0.1) is 5.76 Å². The van der Waals surface area contributed by atoms with Crippen molar-refractivity contribution < 1.29 is 19.4 Å². The molecule has 2 aliphatic rings. The summed E-state index contributed by atoms with van der Waals surface area (Å²) >= 11 is 0. The summed E-state index contributed by atoms with van der Waals surface area (Å²) in [6.45, 7) is 6.87. The topological polar surface area (TPSA) is 92.9 Å². The predicted molar refractivity (Wildman–Crippen MR) is 144 cm³/mol. The first-order valence-corrected chi connectivity index (χ1v) is 13.1. The minimum Gasteiger partial charge on any atom is -0.486 e. The second kappa shape index (κ2) is 13.1. The third kappa shape index (κ3) is 7.36. The van der Waals surface area contributed by atoms with E-state index in [9.17, 15) is 9.59 Å². The van der Waals surface area contributed by atoms with Crippen LogP contribution < -0.4 is 5.73 Å². The summed E-state index contributed by atoms with van der Waals surface area (Å²) in [5.41, 5.74) is 12.0. The highest BCUT2D eigenvalue weighted by Crippen LogP contribution is 2.36. The zero-order valence-electron chi connectivity index (χ0n) is 21.8. The van der Waals surface area contributed by atoms with Gasteiger partial charge in [-0.3, -0.25) is 4.79 Å². The molecular formula is C30H40N2O4. The lowest BCUT2D eigenvalue weighted by Crippen LogP contribution is -2.25. The van der Waals surface area contributed by atoms with Gasteiger partial charge < -0.3 is 20.5 Å². The molecule has 0 radical (unpaired) electrons. The largest absolute Gasteiger partial charge is 0.486 e. The molecule has 1 aliphatic heterocycles. The number of carbonyl (C=O) groups is 2. The maximum absolute atomic E-state index is 12.1. The number of benzene rings is 1. The smallest absolute Gasteiger partial charge is 0.341 e. The lowest BCUT2D eigenvalue weighted by molar-refractivity contribution is -0.141. The predicted octanol–water partition coefficient (Wildman–Crippen LogP) is 5.81. The van der Waals surface area contributed by atoms with Gasteiger partial charge in [0.25, 0.3) is 0 Å². The highest BCUT2D eigenvalue weighted by atomic mass is 16.5. The standard InChI is InChI=1S/C30H40N2O4/c1-4-26-24(19-29(31)33)17-25(36-20-30(34)35)10-8-16-32(5-2)28(26)18-23-9-6-7-11-27(23)22-14-12-21(3)13-15-22/h6-11,14,16,21,24H,4-5,12-13,15,17-20H2,1-3H3,(H2,31,33)(H,34,35)/b16-8-,25-10+,28-26-. The van der Waals surface area contributed by atoms with Gasteiger partial charge in [0.1, 0.15) is 0 Å². The molecule has 6 nitrogen and oxygen atoms in total. The van der Waals surface area contributed by atoms with Crippen molar-refractivity contribution in [1.82, 2.24) is 4.90 Å². The second-order valence-electron chi connectivity index (χ2n) is 9.78. The van der Waals surface area contributed by atoms with Crippen LogP contribution in [-0.2, 0) is 20.7 Å². The number of hydrogen-bond acceptors (Lipinski definition) is 4. The molecule has 0 bridgehead atoms. The fourth-order valence-corrected chi connectivity index (χ4v) is 5.28. The van der Waals surface area contributed by atoms with Crippen LogP contribution in [0.25, 0.3) is 5.57 Å². The van der Waals surface area contributed by atoms with Gasteiger partial charge in [-0.25, -0.2) is 4.79 Å². The van der Waals surface area contributed by atoms with Gasteiger partial charge in [-0.15, -0.1) is 0 Å². The highest BCUT2D eigenvalue weighted by molar-refractivity contribution is 5.74. The van der Waals surface area contributed by atoms with Crippen LogP contribution >= 0.6 is 0 Å². The molecular weight excluding hydrogens is 452 g/mol. The van der Waals surface area contributed by atoms with E-state index < -0.39 is 12.6 Å². The minimum atomic E-state index is -1.03. The Morgan fingerprint density at radius 3 is 2.64 bits per heavy atom. The van der Waals surface area contributed by atoms with Crippen LogP contribution in [0.1, 0.15) is 70.4 Å². The zero-order chi connectivity index (χ0) is 26.1. The van der Waals surface area contributed by atoms with Crippen LogP contribution in [0.5, 0.6) is 0 Å². The van der Waals surface area contributed by atoms with E-state index in [-0.39, 0.29) is 18.2 Å². The number of carboxylic acids is 1. The first-order chi connectivity index (χ1) is 17.3. The zero-order valence-corrected chi connectivity index (χ0v) is 21.8. The van der Waals surface area contributed by atoms with Crippen LogP contribution in [0.15, 0.2) is 65.7 Å². The van der Waals surface area contributed by atoms with E-state index in [2.05, 4.69) is 56.0 Å². The average Bonchev–Trinajstić information content (AvgIpc) is 2.91. The maximum atomic E-state index is 12.1. The number of aliphatic carboxylic acids is 1. The van der Waals surface area contributed by atoms with Crippen LogP contribution in [0, 0.1) is 11.8 Å². The number of carbonyl (C=O) groups excluding carboxylic acids is 1. The molecule has 3 rings (SSSR count). The number of allylic oxidation sites excluding steroid dienone is 7. The van der Waals surface area contributed by atoms with Gasteiger partial charge in [0.15, 0.2) is 6.61 Å². The van der Waals surface area contributed by atoms with Crippen LogP contribution in [-0.4, -0.2) is 35.0 Å². The molecule has 1 aromatic carbocycles. The lowest BCUT2D eigenvalue weighted by atomic mass is 9.83. The number of primary amides is 1. The molecule has 36 heavy (non-hydrogen) atoms. The van der Waals surface area contributed by atoms with E-state index in [4.69, 9.17) is 15.6 Å². The summed E-state index contributed by atoms with van der Waals surface area (Å²) in [6.07, 6.45) is 13.6. The Bertz CT molecular complexity index is 1070. The molecule has 1 heterocycles. The van der Waals surface area contributed by atoms with Crippen molar-refractivity contribution in [3.8, 4) is 0 Å². The van der Waals surface area contributed by atoms with Crippen molar-refractivity contribution in [2.45, 2.75) is 65.7 Å². The molecule has 0 aromatic heterocycles. The summed E-state index contributed by atoms with van der Waals surface area (Å²) in [4.78, 5) is 25.4. The summed E-state index contributed by atoms with van der Waals surface area (Å²) in [6, 6.07) is 8.64. The molecule has 1 aromatic rings. The van der Waals surface area contributed by atoms with Crippen LogP contribution in [0.4, 0.5) is 0 Å². The third-order valence-electron chi connectivity index (χ3n) is 7.15. The van der Waals surface area contributed by atoms with Gasteiger partial charge in [0, 0.05) is 37.7 Å². The van der Waals surface area contributed by atoms with E-state index in [0.717, 1.165) is 43.7 Å². The normalized spacial score (nSPS) is 25.0. The van der Waals surface area contributed by atoms with E-state index in [1.165, 1.54) is 28.8 Å². The molecule has 2 unspecified atom stereocenters. The van der Waals surface area contributed by atoms with E-state index in [0.29, 0.717) is 12.2 Å². The van der Waals surface area contributed by atoms with Gasteiger partial charge in [-0.05, 0) is 78.9 Å². The van der Waals surface area contributed by atoms with Gasteiger partial charge >= 0.3 is 5.97 Å². The Morgan fingerprint density at radius 2 is 2.00 bits per heavy atom. The molecule has 0 fully saturated rings. The number of likely N-dealkylation sites (N-methyl/N-ethyl adjacent to an activating group) is 1. The third-order valence-corrected chi connectivity index (χ3v) is 7.15. The number of nitrogens with zero attached hydrogens (tertiary/aromatic N) is 1. The SMILES string of the molecule is CC/C1=C(\Cc2ccccc2C2=CCC(C)CC2)N(CC)/C=C\C=C(\OCC(=O)O)CC1CC(N)=O. The van der Waals surface area contributed by atoms with Gasteiger partial charge in [-0.1, -0.05) is 44.2 Å². The van der Waals surface area contributed by atoms with Gasteiger partial charge in [0.2, 0.25) is 5.91 Å². The number of carboxylic acid groups (broad SMARTS) is 1. The minimum absolute atomic E-state index is 0.168. The highest BCUT2D eigenvalue weighted by Gasteiger charge is 2.25. The Labute approximate surface area is 215 Å². The number of hydrogen-bond donors (Lipinski definition) is 2. The van der Waals surface area contributed by atoms with E-state index >= 15 is 0 Å². The van der Waals surface area contributed by atoms with Crippen molar-refractivity contribution in [3.63, 3.8) is 0 Å². The van der Waals surface area contributed by atoms with Crippen molar-refractivity contribution in [1.29, 1.82) is 0 Å². The molecule has 6 heteroatoms. The van der Waals surface area contributed by atoms with Crippen molar-refractivity contribution in [2.24, 2.45) is 17.6 Å². The van der Waals surface area contributed by atoms with E-state index in [1.807, 2.05) is 12.3 Å². The summed E-state index contributed by atoms with van der Waals surface area (Å²) in [7, 11) is 0. The average molecular weight is 493 g/mol. The second-order valence-corrected chi connectivity index (χ2v) is 9.78. The first-order valence-electron chi connectivity index (χ1n) is 13.1. The molecule has 194 valence electrons. The Morgan fingerprint density at radius 1 is 1.22 bits per heavy atom.